The molecular formula is C13H14ClN3. The lowest BCUT2D eigenvalue weighted by Gasteiger charge is -1.96. The molecule has 4 heteroatoms. The maximum Gasteiger partial charge on any atom is 0.137 e. The first-order valence-electron chi connectivity index (χ1n) is 5.82. The van der Waals surface area contributed by atoms with E-state index in [1.807, 2.05) is 24.3 Å². The van der Waals surface area contributed by atoms with E-state index in [9.17, 15) is 0 Å². The molecule has 17 heavy (non-hydrogen) atoms. The molecule has 1 saturated carbocycles. The van der Waals surface area contributed by atoms with Crippen molar-refractivity contribution in [3.8, 4) is 11.4 Å². The number of benzene rings is 1. The third kappa shape index (κ3) is 2.08. The molecule has 3 nitrogen and oxygen atoms in total. The molecule has 0 aliphatic heterocycles. The minimum Gasteiger partial charge on any atom is -0.341 e. The fraction of sp³-hybridized carbons (Fsp3) is 0.308. The average Bonchev–Trinajstić information content (AvgIpc) is 3.08. The zero-order valence-electron chi connectivity index (χ0n) is 9.41. The van der Waals surface area contributed by atoms with Crippen LogP contribution in [0, 0.1) is 0 Å². The van der Waals surface area contributed by atoms with Crippen molar-refractivity contribution in [3.63, 3.8) is 0 Å². The van der Waals surface area contributed by atoms with Crippen molar-refractivity contribution in [2.75, 3.05) is 0 Å². The lowest BCUT2D eigenvalue weighted by molar-refractivity contribution is 0.944. The Hall–Kier alpha value is -1.32. The lowest BCUT2D eigenvalue weighted by atomic mass is 10.2. The lowest BCUT2D eigenvalue weighted by Crippen LogP contribution is -1.99. The Balaban J connectivity index is 2.03. The number of imidazole rings is 1. The van der Waals surface area contributed by atoms with Crippen LogP contribution in [0.15, 0.2) is 24.3 Å². The van der Waals surface area contributed by atoms with Crippen LogP contribution in [-0.2, 0) is 6.54 Å². The van der Waals surface area contributed by atoms with E-state index < -0.39 is 0 Å². The van der Waals surface area contributed by atoms with E-state index in [-0.39, 0.29) is 0 Å². The SMILES string of the molecule is NCc1[nH]c(-c2cccc(Cl)c2)nc1C1CC1. The van der Waals surface area contributed by atoms with Crippen molar-refractivity contribution in [1.82, 2.24) is 9.97 Å². The molecule has 0 amide bonds. The number of H-pyrrole nitrogens is 1. The van der Waals surface area contributed by atoms with E-state index in [1.54, 1.807) is 0 Å². The average molecular weight is 248 g/mol. The van der Waals surface area contributed by atoms with E-state index in [1.165, 1.54) is 12.8 Å². The van der Waals surface area contributed by atoms with E-state index >= 15 is 0 Å². The van der Waals surface area contributed by atoms with Crippen molar-refractivity contribution >= 4 is 11.6 Å². The zero-order chi connectivity index (χ0) is 11.8. The maximum absolute atomic E-state index is 5.98. The van der Waals surface area contributed by atoms with Gasteiger partial charge in [0.15, 0.2) is 0 Å². The van der Waals surface area contributed by atoms with Crippen LogP contribution in [0.2, 0.25) is 5.02 Å². The van der Waals surface area contributed by atoms with Gasteiger partial charge in [0, 0.05) is 23.0 Å². The normalized spacial score (nSPS) is 15.2. The van der Waals surface area contributed by atoms with Crippen molar-refractivity contribution in [2.24, 2.45) is 5.73 Å². The van der Waals surface area contributed by atoms with Gasteiger partial charge in [0.05, 0.1) is 11.4 Å². The number of hydrogen-bond acceptors (Lipinski definition) is 2. The number of nitrogens with one attached hydrogen (secondary N) is 1. The van der Waals surface area contributed by atoms with Gasteiger partial charge < -0.3 is 10.7 Å². The summed E-state index contributed by atoms with van der Waals surface area (Å²) in [5.74, 6) is 1.48. The highest BCUT2D eigenvalue weighted by Crippen LogP contribution is 2.41. The molecule has 0 spiro atoms. The molecule has 1 fully saturated rings. The van der Waals surface area contributed by atoms with Crippen LogP contribution in [0.1, 0.15) is 30.1 Å². The topological polar surface area (TPSA) is 54.7 Å². The molecule has 3 N–H and O–H groups in total. The first kappa shape index (κ1) is 10.8. The zero-order valence-corrected chi connectivity index (χ0v) is 10.2. The van der Waals surface area contributed by atoms with E-state index in [0.717, 1.165) is 27.8 Å². The number of nitrogens with two attached hydrogens (primary N) is 1. The summed E-state index contributed by atoms with van der Waals surface area (Å²) in [5, 5.41) is 0.723. The summed E-state index contributed by atoms with van der Waals surface area (Å²) >= 11 is 5.98. The van der Waals surface area contributed by atoms with Crippen LogP contribution < -0.4 is 5.73 Å². The summed E-state index contributed by atoms with van der Waals surface area (Å²) in [6, 6.07) is 7.71. The molecule has 1 aliphatic carbocycles. The van der Waals surface area contributed by atoms with Crippen molar-refractivity contribution < 1.29 is 0 Å². The van der Waals surface area contributed by atoms with Gasteiger partial charge >= 0.3 is 0 Å². The van der Waals surface area contributed by atoms with Gasteiger partial charge in [-0.25, -0.2) is 4.98 Å². The predicted octanol–water partition coefficient (Wildman–Crippen LogP) is 3.07. The van der Waals surface area contributed by atoms with Gasteiger partial charge in [-0.2, -0.15) is 0 Å². The molecule has 1 aromatic heterocycles. The summed E-state index contributed by atoms with van der Waals surface area (Å²) in [5.41, 5.74) is 8.95. The van der Waals surface area contributed by atoms with E-state index in [2.05, 4.69) is 9.97 Å². The van der Waals surface area contributed by atoms with Crippen LogP contribution in [0.5, 0.6) is 0 Å². The van der Waals surface area contributed by atoms with Gasteiger partial charge in [-0.1, -0.05) is 23.7 Å². The van der Waals surface area contributed by atoms with Crippen LogP contribution in [0.3, 0.4) is 0 Å². The number of hydrogen-bond donors (Lipinski definition) is 2. The Bertz CT molecular complexity index is 543. The second-order valence-electron chi connectivity index (χ2n) is 4.44. The molecule has 0 saturated heterocycles. The van der Waals surface area contributed by atoms with Crippen LogP contribution in [0.25, 0.3) is 11.4 Å². The standard InChI is InChI=1S/C13H14ClN3/c14-10-3-1-2-9(6-10)13-16-11(7-15)12(17-13)8-4-5-8/h1-3,6,8H,4-5,7,15H2,(H,16,17). The molecular weight excluding hydrogens is 234 g/mol. The summed E-state index contributed by atoms with van der Waals surface area (Å²) in [4.78, 5) is 7.96. The highest BCUT2D eigenvalue weighted by atomic mass is 35.5. The Morgan fingerprint density at radius 3 is 2.88 bits per heavy atom. The number of aromatic nitrogens is 2. The largest absolute Gasteiger partial charge is 0.341 e. The quantitative estimate of drug-likeness (QED) is 0.876. The second kappa shape index (κ2) is 4.17. The Labute approximate surface area is 105 Å². The minimum atomic E-state index is 0.513. The Morgan fingerprint density at radius 2 is 2.24 bits per heavy atom. The smallest absolute Gasteiger partial charge is 0.137 e. The highest BCUT2D eigenvalue weighted by molar-refractivity contribution is 6.30. The monoisotopic (exact) mass is 247 g/mol. The molecule has 88 valence electrons. The third-order valence-corrected chi connectivity index (χ3v) is 3.31. The summed E-state index contributed by atoms with van der Waals surface area (Å²) in [7, 11) is 0. The molecule has 0 bridgehead atoms. The highest BCUT2D eigenvalue weighted by Gasteiger charge is 2.29. The molecule has 1 aliphatic rings. The molecule has 2 aromatic rings. The molecule has 1 aromatic carbocycles. The third-order valence-electron chi connectivity index (χ3n) is 3.08. The number of nitrogens with zero attached hydrogens (tertiary/aromatic N) is 1. The molecule has 0 atom stereocenters. The molecule has 0 unspecified atom stereocenters. The van der Waals surface area contributed by atoms with Gasteiger partial charge in [-0.05, 0) is 25.0 Å². The van der Waals surface area contributed by atoms with Gasteiger partial charge in [-0.15, -0.1) is 0 Å². The van der Waals surface area contributed by atoms with Crippen molar-refractivity contribution in [1.29, 1.82) is 0 Å². The maximum atomic E-state index is 5.98. The number of aromatic amines is 1. The van der Waals surface area contributed by atoms with Crippen LogP contribution >= 0.6 is 11.6 Å². The summed E-state index contributed by atoms with van der Waals surface area (Å²) < 4.78 is 0. The Kier molecular flexibility index (Phi) is 2.65. The van der Waals surface area contributed by atoms with Crippen molar-refractivity contribution in [3.05, 3.63) is 40.7 Å². The van der Waals surface area contributed by atoms with E-state index in [4.69, 9.17) is 17.3 Å². The van der Waals surface area contributed by atoms with E-state index in [0.29, 0.717) is 12.5 Å². The van der Waals surface area contributed by atoms with Crippen molar-refractivity contribution in [2.45, 2.75) is 25.3 Å². The molecule has 0 radical (unpaired) electrons. The van der Waals surface area contributed by atoms with Crippen LogP contribution in [0.4, 0.5) is 0 Å². The first-order valence-corrected chi connectivity index (χ1v) is 6.20. The fourth-order valence-corrected chi connectivity index (χ4v) is 2.24. The number of rotatable bonds is 3. The fourth-order valence-electron chi connectivity index (χ4n) is 2.05. The summed E-state index contributed by atoms with van der Waals surface area (Å²) in [6.07, 6.45) is 2.46. The predicted molar refractivity (Wildman–Crippen MR) is 68.9 cm³/mol. The van der Waals surface area contributed by atoms with Gasteiger partial charge in [0.25, 0.3) is 0 Å². The molecule has 3 rings (SSSR count). The number of halogens is 1. The van der Waals surface area contributed by atoms with Gasteiger partial charge in [-0.3, -0.25) is 0 Å². The first-order chi connectivity index (χ1) is 8.28. The Morgan fingerprint density at radius 1 is 1.41 bits per heavy atom. The van der Waals surface area contributed by atoms with Gasteiger partial charge in [0.2, 0.25) is 0 Å². The van der Waals surface area contributed by atoms with Gasteiger partial charge in [0.1, 0.15) is 5.82 Å². The van der Waals surface area contributed by atoms with Crippen LogP contribution in [-0.4, -0.2) is 9.97 Å². The minimum absolute atomic E-state index is 0.513. The summed E-state index contributed by atoms with van der Waals surface area (Å²) in [6.45, 7) is 0.513. The molecule has 1 heterocycles. The second-order valence-corrected chi connectivity index (χ2v) is 4.87.